The SMILES string of the molecule is Cc1cccc(-c2ccc3c4ccccc4c4ccccc4c3c2)c1. The largest absolute Gasteiger partial charge is 0.0616 e. The minimum absolute atomic E-state index is 1.27. The zero-order valence-electron chi connectivity index (χ0n) is 14.2. The lowest BCUT2D eigenvalue weighted by molar-refractivity contribution is 1.47. The fourth-order valence-electron chi connectivity index (χ4n) is 3.91. The highest BCUT2D eigenvalue weighted by Gasteiger charge is 2.09. The number of rotatable bonds is 1. The summed E-state index contributed by atoms with van der Waals surface area (Å²) in [7, 11) is 0. The van der Waals surface area contributed by atoms with Crippen molar-refractivity contribution in [2.24, 2.45) is 0 Å². The second kappa shape index (κ2) is 5.46. The van der Waals surface area contributed by atoms with Gasteiger partial charge in [0.25, 0.3) is 0 Å². The first-order chi connectivity index (χ1) is 12.3. The van der Waals surface area contributed by atoms with E-state index in [1.54, 1.807) is 0 Å². The van der Waals surface area contributed by atoms with E-state index < -0.39 is 0 Å². The Morgan fingerprint density at radius 2 is 0.920 bits per heavy atom. The van der Waals surface area contributed by atoms with Crippen molar-refractivity contribution in [1.29, 1.82) is 0 Å². The van der Waals surface area contributed by atoms with Crippen LogP contribution in [0.2, 0.25) is 0 Å². The molecule has 0 nitrogen and oxygen atoms in total. The first kappa shape index (κ1) is 14.2. The van der Waals surface area contributed by atoms with Gasteiger partial charge in [-0.2, -0.15) is 0 Å². The molecule has 0 radical (unpaired) electrons. The van der Waals surface area contributed by atoms with Crippen LogP contribution < -0.4 is 0 Å². The first-order valence-corrected chi connectivity index (χ1v) is 8.71. The Morgan fingerprint density at radius 1 is 0.400 bits per heavy atom. The van der Waals surface area contributed by atoms with E-state index in [1.165, 1.54) is 49.0 Å². The molecule has 0 saturated carbocycles. The molecule has 5 aromatic carbocycles. The zero-order valence-corrected chi connectivity index (χ0v) is 14.2. The molecule has 0 bridgehead atoms. The molecule has 0 heteroatoms. The number of hydrogen-bond acceptors (Lipinski definition) is 0. The standard InChI is InChI=1S/C25H18/c1-17-7-6-8-18(15-17)19-13-14-24-22-11-3-2-9-20(22)21-10-4-5-12-23(21)25(24)16-19/h2-16H,1H3. The summed E-state index contributed by atoms with van der Waals surface area (Å²) in [6.07, 6.45) is 0. The molecule has 0 spiro atoms. The highest BCUT2D eigenvalue weighted by Crippen LogP contribution is 2.36. The molecule has 0 aliphatic heterocycles. The Morgan fingerprint density at radius 3 is 1.52 bits per heavy atom. The molecule has 0 fully saturated rings. The summed E-state index contributed by atoms with van der Waals surface area (Å²) < 4.78 is 0. The maximum Gasteiger partial charge on any atom is -0.00928 e. The van der Waals surface area contributed by atoms with Crippen molar-refractivity contribution in [1.82, 2.24) is 0 Å². The number of hydrogen-bond donors (Lipinski definition) is 0. The molecule has 25 heavy (non-hydrogen) atoms. The molecule has 5 aromatic rings. The van der Waals surface area contributed by atoms with Crippen LogP contribution >= 0.6 is 0 Å². The van der Waals surface area contributed by atoms with Gasteiger partial charge in [0.15, 0.2) is 0 Å². The molecular weight excluding hydrogens is 300 g/mol. The molecule has 118 valence electrons. The lowest BCUT2D eigenvalue weighted by Crippen LogP contribution is -1.85. The molecule has 0 unspecified atom stereocenters. The number of aryl methyl sites for hydroxylation is 1. The van der Waals surface area contributed by atoms with Crippen molar-refractivity contribution in [3.63, 3.8) is 0 Å². The zero-order chi connectivity index (χ0) is 16.8. The summed E-state index contributed by atoms with van der Waals surface area (Å²) in [5.41, 5.74) is 3.84. The molecule has 0 atom stereocenters. The van der Waals surface area contributed by atoms with Gasteiger partial charge in [-0.3, -0.25) is 0 Å². The normalized spacial score (nSPS) is 11.4. The maximum atomic E-state index is 2.35. The fourth-order valence-corrected chi connectivity index (χ4v) is 3.91. The van der Waals surface area contributed by atoms with E-state index in [1.807, 2.05) is 0 Å². The minimum atomic E-state index is 1.27. The number of fused-ring (bicyclic) bond motifs is 6. The molecule has 0 aromatic heterocycles. The Bertz CT molecular complexity index is 1210. The fraction of sp³-hybridized carbons (Fsp3) is 0.0400. The quantitative estimate of drug-likeness (QED) is 0.289. The molecule has 0 heterocycles. The molecule has 0 amide bonds. The second-order valence-electron chi connectivity index (χ2n) is 6.72. The van der Waals surface area contributed by atoms with Gasteiger partial charge < -0.3 is 0 Å². The lowest BCUT2D eigenvalue weighted by Gasteiger charge is -2.12. The molecular formula is C25H18. The topological polar surface area (TPSA) is 0 Å². The Balaban J connectivity index is 1.93. The Labute approximate surface area is 147 Å². The maximum absolute atomic E-state index is 2.35. The molecule has 5 rings (SSSR count). The Hall–Kier alpha value is -3.12. The van der Waals surface area contributed by atoms with E-state index in [4.69, 9.17) is 0 Å². The van der Waals surface area contributed by atoms with Crippen molar-refractivity contribution in [2.75, 3.05) is 0 Å². The molecule has 0 N–H and O–H groups in total. The average molecular weight is 318 g/mol. The minimum Gasteiger partial charge on any atom is -0.0616 e. The van der Waals surface area contributed by atoms with Crippen LogP contribution in [-0.4, -0.2) is 0 Å². The summed E-state index contributed by atoms with van der Waals surface area (Å²) in [5.74, 6) is 0. The predicted molar refractivity (Wildman–Crippen MR) is 109 cm³/mol. The number of benzene rings is 5. The van der Waals surface area contributed by atoms with Crippen LogP contribution in [0.15, 0.2) is 91.0 Å². The summed E-state index contributed by atoms with van der Waals surface area (Å²) in [4.78, 5) is 0. The van der Waals surface area contributed by atoms with Crippen LogP contribution in [0.3, 0.4) is 0 Å². The van der Waals surface area contributed by atoms with Gasteiger partial charge >= 0.3 is 0 Å². The highest BCUT2D eigenvalue weighted by molar-refractivity contribution is 6.25. The van der Waals surface area contributed by atoms with Gasteiger partial charge in [-0.05, 0) is 56.4 Å². The van der Waals surface area contributed by atoms with E-state index in [0.29, 0.717) is 0 Å². The van der Waals surface area contributed by atoms with Crippen LogP contribution in [-0.2, 0) is 0 Å². The summed E-state index contributed by atoms with van der Waals surface area (Å²) in [6.45, 7) is 2.15. The Kier molecular flexibility index (Phi) is 3.11. The van der Waals surface area contributed by atoms with Crippen LogP contribution in [0.1, 0.15) is 5.56 Å². The van der Waals surface area contributed by atoms with Gasteiger partial charge in [0, 0.05) is 0 Å². The van der Waals surface area contributed by atoms with Gasteiger partial charge in [0.05, 0.1) is 0 Å². The molecule has 0 aliphatic carbocycles. The van der Waals surface area contributed by atoms with Crippen molar-refractivity contribution in [3.8, 4) is 11.1 Å². The summed E-state index contributed by atoms with van der Waals surface area (Å²) in [6, 6.07) is 33.1. The molecule has 0 aliphatic rings. The van der Waals surface area contributed by atoms with E-state index in [9.17, 15) is 0 Å². The molecule has 0 saturated heterocycles. The third-order valence-corrected chi connectivity index (χ3v) is 5.10. The van der Waals surface area contributed by atoms with Gasteiger partial charge in [-0.25, -0.2) is 0 Å². The van der Waals surface area contributed by atoms with Crippen LogP contribution in [0.5, 0.6) is 0 Å². The van der Waals surface area contributed by atoms with Crippen molar-refractivity contribution in [3.05, 3.63) is 96.6 Å². The van der Waals surface area contributed by atoms with Crippen LogP contribution in [0, 0.1) is 6.92 Å². The van der Waals surface area contributed by atoms with E-state index in [2.05, 4.69) is 97.9 Å². The average Bonchev–Trinajstić information content (AvgIpc) is 2.68. The van der Waals surface area contributed by atoms with Gasteiger partial charge in [-0.15, -0.1) is 0 Å². The predicted octanol–water partition coefficient (Wildman–Crippen LogP) is 7.12. The lowest BCUT2D eigenvalue weighted by atomic mass is 9.92. The van der Waals surface area contributed by atoms with Crippen molar-refractivity contribution in [2.45, 2.75) is 6.92 Å². The van der Waals surface area contributed by atoms with Crippen molar-refractivity contribution < 1.29 is 0 Å². The highest BCUT2D eigenvalue weighted by atomic mass is 14.1. The van der Waals surface area contributed by atoms with E-state index in [-0.39, 0.29) is 0 Å². The third-order valence-electron chi connectivity index (χ3n) is 5.10. The third kappa shape index (κ3) is 2.22. The van der Waals surface area contributed by atoms with Gasteiger partial charge in [0.2, 0.25) is 0 Å². The smallest absolute Gasteiger partial charge is 0.00928 e. The first-order valence-electron chi connectivity index (χ1n) is 8.71. The monoisotopic (exact) mass is 318 g/mol. The van der Waals surface area contributed by atoms with Gasteiger partial charge in [-0.1, -0.05) is 90.5 Å². The summed E-state index contributed by atoms with van der Waals surface area (Å²) >= 11 is 0. The van der Waals surface area contributed by atoms with Crippen LogP contribution in [0.4, 0.5) is 0 Å². The van der Waals surface area contributed by atoms with Crippen molar-refractivity contribution >= 4 is 32.3 Å². The van der Waals surface area contributed by atoms with E-state index in [0.717, 1.165) is 0 Å². The van der Waals surface area contributed by atoms with E-state index >= 15 is 0 Å². The second-order valence-corrected chi connectivity index (χ2v) is 6.72. The van der Waals surface area contributed by atoms with Gasteiger partial charge in [0.1, 0.15) is 0 Å². The summed E-state index contributed by atoms with van der Waals surface area (Å²) in [5, 5.41) is 7.96. The van der Waals surface area contributed by atoms with Crippen LogP contribution in [0.25, 0.3) is 43.4 Å².